The molecule has 5 rings (SSSR count). The van der Waals surface area contributed by atoms with Gasteiger partial charge in [-0.15, -0.1) is 0 Å². The number of pyridine rings is 1. The van der Waals surface area contributed by atoms with Gasteiger partial charge in [-0.1, -0.05) is 12.1 Å². The van der Waals surface area contributed by atoms with Crippen LogP contribution < -0.4 is 31.2 Å². The van der Waals surface area contributed by atoms with Gasteiger partial charge in [-0.25, -0.2) is 4.98 Å². The second-order valence-corrected chi connectivity index (χ2v) is 9.56. The second-order valence-electron chi connectivity index (χ2n) is 9.56. The number of ether oxygens (including phenoxy) is 2. The van der Waals surface area contributed by atoms with Gasteiger partial charge in [0.05, 0.1) is 25.4 Å². The van der Waals surface area contributed by atoms with E-state index in [9.17, 15) is 0 Å². The normalized spacial score (nSPS) is 23.2. The highest BCUT2D eigenvalue weighted by Gasteiger charge is 2.34. The highest BCUT2D eigenvalue weighted by atomic mass is 16.5. The van der Waals surface area contributed by atoms with Crippen LogP contribution in [0.5, 0.6) is 11.5 Å². The van der Waals surface area contributed by atoms with Crippen molar-refractivity contribution < 1.29 is 9.47 Å². The number of fused-ring (bicyclic) bond motifs is 1. The first-order chi connectivity index (χ1) is 16.5. The summed E-state index contributed by atoms with van der Waals surface area (Å²) in [6.07, 6.45) is 3.54. The maximum absolute atomic E-state index is 7.07. The third-order valence-electron chi connectivity index (χ3n) is 7.42. The summed E-state index contributed by atoms with van der Waals surface area (Å²) in [6.45, 7) is 4.09. The van der Waals surface area contributed by atoms with Crippen LogP contribution in [-0.4, -0.2) is 51.4 Å². The molecule has 0 bridgehead atoms. The fraction of sp³-hybridized carbons (Fsp3) is 0.444. The Morgan fingerprint density at radius 1 is 0.971 bits per heavy atom. The van der Waals surface area contributed by atoms with Gasteiger partial charge in [-0.2, -0.15) is 0 Å². The summed E-state index contributed by atoms with van der Waals surface area (Å²) in [6, 6.07) is 15.1. The number of aromatic nitrogens is 1. The van der Waals surface area contributed by atoms with Crippen molar-refractivity contribution in [1.82, 2.24) is 10.3 Å². The van der Waals surface area contributed by atoms with Crippen LogP contribution in [0.25, 0.3) is 22.2 Å². The van der Waals surface area contributed by atoms with Gasteiger partial charge in [-0.05, 0) is 55.5 Å². The molecule has 180 valence electrons. The van der Waals surface area contributed by atoms with E-state index in [4.69, 9.17) is 25.9 Å². The first-order valence-electron chi connectivity index (χ1n) is 12.2. The van der Waals surface area contributed by atoms with Crippen LogP contribution in [0, 0.1) is 0 Å². The molecule has 0 atom stereocenters. The van der Waals surface area contributed by atoms with Crippen LogP contribution in [0.3, 0.4) is 0 Å². The zero-order chi connectivity index (χ0) is 23.7. The average Bonchev–Trinajstić information content (AvgIpc) is 2.89. The molecule has 1 aliphatic carbocycles. The van der Waals surface area contributed by atoms with E-state index in [0.717, 1.165) is 79.6 Å². The van der Waals surface area contributed by atoms with Crippen LogP contribution in [0.2, 0.25) is 0 Å². The monoisotopic (exact) mass is 461 g/mol. The SMILES string of the molecule is COc1cc2nc(-c3ccc(N4CCNCC4)cc3)cc(C3(N)CCC(N)CC3)c2cc1OC. The summed E-state index contributed by atoms with van der Waals surface area (Å²) in [5, 5.41) is 4.42. The number of nitrogens with one attached hydrogen (secondary N) is 1. The average molecular weight is 462 g/mol. The second kappa shape index (κ2) is 9.41. The van der Waals surface area contributed by atoms with E-state index in [0.29, 0.717) is 11.5 Å². The van der Waals surface area contributed by atoms with Gasteiger partial charge >= 0.3 is 0 Å². The van der Waals surface area contributed by atoms with Crippen molar-refractivity contribution in [3.63, 3.8) is 0 Å². The molecule has 2 fully saturated rings. The van der Waals surface area contributed by atoms with Crippen molar-refractivity contribution in [3.05, 3.63) is 48.0 Å². The number of nitrogens with zero attached hydrogens (tertiary/aromatic N) is 2. The predicted octanol–water partition coefficient (Wildman–Crippen LogP) is 3.38. The van der Waals surface area contributed by atoms with Crippen molar-refractivity contribution >= 4 is 16.6 Å². The number of nitrogens with two attached hydrogens (primary N) is 2. The zero-order valence-electron chi connectivity index (χ0n) is 20.1. The summed E-state index contributed by atoms with van der Waals surface area (Å²) in [4.78, 5) is 7.45. The predicted molar refractivity (Wildman–Crippen MR) is 138 cm³/mol. The lowest BCUT2D eigenvalue weighted by molar-refractivity contribution is 0.279. The molecule has 0 radical (unpaired) electrons. The van der Waals surface area contributed by atoms with E-state index in [1.165, 1.54) is 5.69 Å². The minimum atomic E-state index is -0.452. The van der Waals surface area contributed by atoms with Gasteiger partial charge in [0.1, 0.15) is 0 Å². The molecule has 1 saturated heterocycles. The first-order valence-corrected chi connectivity index (χ1v) is 12.2. The molecule has 1 saturated carbocycles. The van der Waals surface area contributed by atoms with Crippen LogP contribution in [0.1, 0.15) is 31.2 Å². The molecule has 0 amide bonds. The molecule has 1 aliphatic heterocycles. The van der Waals surface area contributed by atoms with Gasteiger partial charge < -0.3 is 31.2 Å². The summed E-state index contributed by atoms with van der Waals surface area (Å²) < 4.78 is 11.2. The number of piperazine rings is 1. The molecule has 7 heteroatoms. The Bertz CT molecular complexity index is 1150. The van der Waals surface area contributed by atoms with Crippen molar-refractivity contribution in [3.8, 4) is 22.8 Å². The van der Waals surface area contributed by atoms with Crippen molar-refractivity contribution in [1.29, 1.82) is 0 Å². The standard InChI is InChI=1S/C27H35N5O2/c1-33-25-15-21-22(27(29)9-7-19(28)8-10-27)16-23(31-24(21)17-26(25)34-2)18-3-5-20(6-4-18)32-13-11-30-12-14-32/h3-6,15-17,19,30H,7-14,28-29H2,1-2H3. The van der Waals surface area contributed by atoms with E-state index in [1.54, 1.807) is 14.2 Å². The van der Waals surface area contributed by atoms with Crippen molar-refractivity contribution in [2.45, 2.75) is 37.3 Å². The molecule has 2 heterocycles. The minimum absolute atomic E-state index is 0.219. The van der Waals surface area contributed by atoms with E-state index < -0.39 is 5.54 Å². The van der Waals surface area contributed by atoms with Gasteiger partial charge in [0.15, 0.2) is 11.5 Å². The fourth-order valence-electron chi connectivity index (χ4n) is 5.30. The summed E-state index contributed by atoms with van der Waals surface area (Å²) in [7, 11) is 3.30. The van der Waals surface area contributed by atoms with Crippen LogP contribution >= 0.6 is 0 Å². The zero-order valence-corrected chi connectivity index (χ0v) is 20.1. The first kappa shape index (κ1) is 22.9. The smallest absolute Gasteiger partial charge is 0.162 e. The quantitative estimate of drug-likeness (QED) is 0.536. The maximum atomic E-state index is 7.07. The number of rotatable bonds is 5. The highest BCUT2D eigenvalue weighted by Crippen LogP contribution is 2.42. The Kier molecular flexibility index (Phi) is 6.34. The molecule has 0 unspecified atom stereocenters. The van der Waals surface area contributed by atoms with Gasteiger partial charge in [0, 0.05) is 60.5 Å². The Labute approximate surface area is 201 Å². The Morgan fingerprint density at radius 3 is 2.26 bits per heavy atom. The molecule has 3 aromatic rings. The van der Waals surface area contributed by atoms with Gasteiger partial charge in [0.2, 0.25) is 0 Å². The van der Waals surface area contributed by atoms with Crippen LogP contribution in [0.15, 0.2) is 42.5 Å². The molecular weight excluding hydrogens is 426 g/mol. The molecule has 0 spiro atoms. The summed E-state index contributed by atoms with van der Waals surface area (Å²) in [5.41, 5.74) is 18.0. The fourth-order valence-corrected chi connectivity index (χ4v) is 5.30. The molecule has 5 N–H and O–H groups in total. The molecule has 2 aromatic carbocycles. The third-order valence-corrected chi connectivity index (χ3v) is 7.42. The molecule has 7 nitrogen and oxygen atoms in total. The van der Waals surface area contributed by atoms with E-state index in [2.05, 4.69) is 40.5 Å². The lowest BCUT2D eigenvalue weighted by Gasteiger charge is -2.37. The van der Waals surface area contributed by atoms with E-state index >= 15 is 0 Å². The molecular formula is C27H35N5O2. The Morgan fingerprint density at radius 2 is 1.62 bits per heavy atom. The van der Waals surface area contributed by atoms with Crippen LogP contribution in [-0.2, 0) is 5.54 Å². The lowest BCUT2D eigenvalue weighted by Crippen LogP contribution is -2.43. The Hall–Kier alpha value is -2.87. The van der Waals surface area contributed by atoms with Gasteiger partial charge in [0.25, 0.3) is 0 Å². The number of hydrogen-bond acceptors (Lipinski definition) is 7. The number of anilines is 1. The molecule has 34 heavy (non-hydrogen) atoms. The summed E-state index contributed by atoms with van der Waals surface area (Å²) >= 11 is 0. The van der Waals surface area contributed by atoms with Crippen LogP contribution in [0.4, 0.5) is 5.69 Å². The number of hydrogen-bond donors (Lipinski definition) is 3. The van der Waals surface area contributed by atoms with E-state index in [-0.39, 0.29) is 6.04 Å². The molecule has 2 aliphatic rings. The number of benzene rings is 2. The van der Waals surface area contributed by atoms with Crippen molar-refractivity contribution in [2.75, 3.05) is 45.3 Å². The Balaban J connectivity index is 1.61. The highest BCUT2D eigenvalue weighted by molar-refractivity contribution is 5.89. The lowest BCUT2D eigenvalue weighted by atomic mass is 9.74. The van der Waals surface area contributed by atoms with Gasteiger partial charge in [-0.3, -0.25) is 0 Å². The maximum Gasteiger partial charge on any atom is 0.162 e. The number of methoxy groups -OCH3 is 2. The third kappa shape index (κ3) is 4.31. The van der Waals surface area contributed by atoms with Crippen molar-refractivity contribution in [2.24, 2.45) is 11.5 Å². The van der Waals surface area contributed by atoms with E-state index in [1.807, 2.05) is 12.1 Å². The topological polar surface area (TPSA) is 98.7 Å². The molecule has 1 aromatic heterocycles. The summed E-state index contributed by atoms with van der Waals surface area (Å²) in [5.74, 6) is 1.35. The largest absolute Gasteiger partial charge is 0.493 e. The minimum Gasteiger partial charge on any atom is -0.493 e.